The van der Waals surface area contributed by atoms with E-state index in [1.165, 1.54) is 0 Å². The van der Waals surface area contributed by atoms with Crippen LogP contribution in [0.3, 0.4) is 0 Å². The normalized spacial score (nSPS) is 14.5. The largest absolute Gasteiger partial charge is 0.454 e. The van der Waals surface area contributed by atoms with Crippen LogP contribution >= 0.6 is 0 Å². The maximum atomic E-state index is 10.5. The van der Waals surface area contributed by atoms with Crippen LogP contribution < -0.4 is 9.47 Å². The van der Waals surface area contributed by atoms with Gasteiger partial charge in [0, 0.05) is 0 Å². The van der Waals surface area contributed by atoms with Crippen molar-refractivity contribution in [3.8, 4) is 17.6 Å². The molecule has 0 spiro atoms. The molecule has 0 radical (unpaired) electrons. The highest BCUT2D eigenvalue weighted by molar-refractivity contribution is 5.67. The molecule has 1 aliphatic heterocycles. The predicted octanol–water partition coefficient (Wildman–Crippen LogP) is 1.22. The number of rotatable bonds is 2. The van der Waals surface area contributed by atoms with Gasteiger partial charge in [-0.2, -0.15) is 5.26 Å². The van der Waals surface area contributed by atoms with Gasteiger partial charge in [-0.15, -0.1) is 0 Å². The number of nitrogens with zero attached hydrogens (tertiary/aromatic N) is 1. The lowest BCUT2D eigenvalue weighted by molar-refractivity contribution is -0.108. The Morgan fingerprint density at radius 3 is 2.93 bits per heavy atom. The van der Waals surface area contributed by atoms with Crippen molar-refractivity contribution >= 4 is 6.29 Å². The van der Waals surface area contributed by atoms with E-state index in [9.17, 15) is 4.79 Å². The lowest BCUT2D eigenvalue weighted by atomic mass is 10.0. The molecule has 4 nitrogen and oxygen atoms in total. The SMILES string of the molecule is N#CC(C=O)c1ccc2c(c1)OCO2. The van der Waals surface area contributed by atoms with Gasteiger partial charge >= 0.3 is 0 Å². The summed E-state index contributed by atoms with van der Waals surface area (Å²) in [5, 5.41) is 8.67. The molecule has 0 saturated carbocycles. The van der Waals surface area contributed by atoms with Crippen molar-refractivity contribution in [2.75, 3.05) is 6.79 Å². The number of hydrogen-bond donors (Lipinski definition) is 0. The fourth-order valence-electron chi connectivity index (χ4n) is 1.29. The summed E-state index contributed by atoms with van der Waals surface area (Å²) in [7, 11) is 0. The van der Waals surface area contributed by atoms with Crippen LogP contribution in [0.5, 0.6) is 11.5 Å². The molecule has 70 valence electrons. The van der Waals surface area contributed by atoms with E-state index in [-0.39, 0.29) is 6.79 Å². The Kier molecular flexibility index (Phi) is 2.07. The lowest BCUT2D eigenvalue weighted by Gasteiger charge is -2.02. The van der Waals surface area contributed by atoms with E-state index in [0.717, 1.165) is 0 Å². The van der Waals surface area contributed by atoms with E-state index in [1.807, 2.05) is 6.07 Å². The minimum atomic E-state index is -0.732. The molecule has 0 aliphatic carbocycles. The molecule has 1 heterocycles. The van der Waals surface area contributed by atoms with Gasteiger partial charge in [0.05, 0.1) is 6.07 Å². The highest BCUT2D eigenvalue weighted by atomic mass is 16.7. The van der Waals surface area contributed by atoms with Gasteiger partial charge in [0.2, 0.25) is 6.79 Å². The van der Waals surface area contributed by atoms with Gasteiger partial charge in [0.1, 0.15) is 12.2 Å². The zero-order valence-electron chi connectivity index (χ0n) is 7.27. The molecule has 2 rings (SSSR count). The number of carbonyl (C=O) groups is 1. The first-order valence-corrected chi connectivity index (χ1v) is 4.09. The Hall–Kier alpha value is -2.02. The molecule has 0 aromatic heterocycles. The predicted molar refractivity (Wildman–Crippen MR) is 47.0 cm³/mol. The van der Waals surface area contributed by atoms with Gasteiger partial charge in [-0.1, -0.05) is 6.07 Å². The smallest absolute Gasteiger partial charge is 0.231 e. The number of hydrogen-bond acceptors (Lipinski definition) is 4. The van der Waals surface area contributed by atoms with E-state index in [1.54, 1.807) is 18.2 Å². The summed E-state index contributed by atoms with van der Waals surface area (Å²) in [5.41, 5.74) is 0.631. The zero-order chi connectivity index (χ0) is 9.97. The van der Waals surface area contributed by atoms with Crippen molar-refractivity contribution in [3.05, 3.63) is 23.8 Å². The third-order valence-electron chi connectivity index (χ3n) is 2.03. The Morgan fingerprint density at radius 2 is 2.21 bits per heavy atom. The summed E-state index contributed by atoms with van der Waals surface area (Å²) in [6.07, 6.45) is 0.609. The van der Waals surface area contributed by atoms with Gasteiger partial charge in [-0.3, -0.25) is 0 Å². The summed E-state index contributed by atoms with van der Waals surface area (Å²) < 4.78 is 10.2. The standard InChI is InChI=1S/C10H7NO3/c11-4-8(5-12)7-1-2-9-10(3-7)14-6-13-9/h1-3,5,8H,6H2. The minimum absolute atomic E-state index is 0.192. The molecule has 14 heavy (non-hydrogen) atoms. The molecule has 0 fully saturated rings. The van der Waals surface area contributed by atoms with Crippen LogP contribution in [-0.4, -0.2) is 13.1 Å². The van der Waals surface area contributed by atoms with Crippen LogP contribution in [0.15, 0.2) is 18.2 Å². The van der Waals surface area contributed by atoms with Crippen molar-refractivity contribution in [1.82, 2.24) is 0 Å². The van der Waals surface area contributed by atoms with Gasteiger partial charge < -0.3 is 14.3 Å². The van der Waals surface area contributed by atoms with Crippen LogP contribution in [0.1, 0.15) is 11.5 Å². The number of ether oxygens (including phenoxy) is 2. The van der Waals surface area contributed by atoms with E-state index in [0.29, 0.717) is 23.3 Å². The number of fused-ring (bicyclic) bond motifs is 1. The second kappa shape index (κ2) is 3.38. The van der Waals surface area contributed by atoms with Crippen molar-refractivity contribution < 1.29 is 14.3 Å². The summed E-state index contributed by atoms with van der Waals surface area (Å²) in [4.78, 5) is 10.5. The molecule has 4 heteroatoms. The Morgan fingerprint density at radius 1 is 1.43 bits per heavy atom. The van der Waals surface area contributed by atoms with Crippen molar-refractivity contribution in [2.45, 2.75) is 5.92 Å². The maximum Gasteiger partial charge on any atom is 0.231 e. The zero-order valence-corrected chi connectivity index (χ0v) is 7.27. The average molecular weight is 189 g/mol. The second-order valence-corrected chi connectivity index (χ2v) is 2.86. The lowest BCUT2D eigenvalue weighted by Crippen LogP contribution is -1.96. The maximum absolute atomic E-state index is 10.5. The van der Waals surface area contributed by atoms with Crippen molar-refractivity contribution in [2.24, 2.45) is 0 Å². The minimum Gasteiger partial charge on any atom is -0.454 e. The summed E-state index contributed by atoms with van der Waals surface area (Å²) in [5.74, 6) is 0.505. The second-order valence-electron chi connectivity index (χ2n) is 2.86. The molecule has 1 aromatic carbocycles. The highest BCUT2D eigenvalue weighted by Gasteiger charge is 2.16. The topological polar surface area (TPSA) is 59.3 Å². The van der Waals surface area contributed by atoms with Crippen LogP contribution in [0, 0.1) is 11.3 Å². The highest BCUT2D eigenvalue weighted by Crippen LogP contribution is 2.34. The summed E-state index contributed by atoms with van der Waals surface area (Å²) >= 11 is 0. The third kappa shape index (κ3) is 1.29. The van der Waals surface area contributed by atoms with E-state index in [2.05, 4.69) is 0 Å². The van der Waals surface area contributed by atoms with Crippen LogP contribution in [-0.2, 0) is 4.79 Å². The van der Waals surface area contributed by atoms with Crippen LogP contribution in [0.4, 0.5) is 0 Å². The van der Waals surface area contributed by atoms with Crippen LogP contribution in [0.2, 0.25) is 0 Å². The molecular formula is C10H7NO3. The Balaban J connectivity index is 2.38. The van der Waals surface area contributed by atoms with Crippen molar-refractivity contribution in [3.63, 3.8) is 0 Å². The van der Waals surface area contributed by atoms with Gasteiger partial charge in [-0.05, 0) is 17.7 Å². The molecule has 1 atom stereocenters. The quantitative estimate of drug-likeness (QED) is 0.656. The van der Waals surface area contributed by atoms with E-state index in [4.69, 9.17) is 14.7 Å². The molecule has 0 amide bonds. The fourth-order valence-corrected chi connectivity index (χ4v) is 1.29. The van der Waals surface area contributed by atoms with E-state index >= 15 is 0 Å². The fraction of sp³-hybridized carbons (Fsp3) is 0.200. The molecule has 1 aromatic rings. The summed E-state index contributed by atoms with van der Waals surface area (Å²) in [6.45, 7) is 0.192. The molecule has 0 bridgehead atoms. The Bertz CT molecular complexity index is 408. The monoisotopic (exact) mass is 189 g/mol. The average Bonchev–Trinajstić information content (AvgIpc) is 2.66. The van der Waals surface area contributed by atoms with E-state index < -0.39 is 5.92 Å². The first-order valence-electron chi connectivity index (χ1n) is 4.09. The number of carbonyl (C=O) groups excluding carboxylic acids is 1. The molecule has 0 saturated heterocycles. The molecular weight excluding hydrogens is 182 g/mol. The number of benzene rings is 1. The van der Waals surface area contributed by atoms with Gasteiger partial charge in [0.15, 0.2) is 11.5 Å². The van der Waals surface area contributed by atoms with Crippen LogP contribution in [0.25, 0.3) is 0 Å². The first-order chi connectivity index (χ1) is 6.85. The van der Waals surface area contributed by atoms with Gasteiger partial charge in [-0.25, -0.2) is 0 Å². The number of aldehydes is 1. The molecule has 1 unspecified atom stereocenters. The third-order valence-corrected chi connectivity index (χ3v) is 2.03. The van der Waals surface area contributed by atoms with Gasteiger partial charge in [0.25, 0.3) is 0 Å². The first kappa shape index (κ1) is 8.57. The molecule has 1 aliphatic rings. The summed E-state index contributed by atoms with van der Waals surface area (Å²) in [6, 6.07) is 6.94. The van der Waals surface area contributed by atoms with Crippen molar-refractivity contribution in [1.29, 1.82) is 5.26 Å². The Labute approximate surface area is 80.7 Å². The molecule has 0 N–H and O–H groups in total. The number of nitriles is 1.